The number of rotatable bonds is 3. The Kier molecular flexibility index (Phi) is 4.74. The van der Waals surface area contributed by atoms with Crippen LogP contribution in [0.1, 0.15) is 33.6 Å². The number of nitrogens with zero attached hydrogens (tertiary/aromatic N) is 1. The Balaban J connectivity index is 2.32. The minimum atomic E-state index is -0.133. The molecule has 1 amide bonds. The molecule has 1 aliphatic heterocycles. The van der Waals surface area contributed by atoms with Crippen LogP contribution in [0.25, 0.3) is 0 Å². The van der Waals surface area contributed by atoms with Crippen molar-refractivity contribution < 1.29 is 4.79 Å². The van der Waals surface area contributed by atoms with Gasteiger partial charge in [0.05, 0.1) is 6.54 Å². The number of carbonyl (C=O) groups is 1. The Morgan fingerprint density at radius 3 is 2.44 bits per heavy atom. The summed E-state index contributed by atoms with van der Waals surface area (Å²) in [4.78, 5) is 13.9. The molecule has 1 aliphatic rings. The Morgan fingerprint density at radius 2 is 1.94 bits per heavy atom. The fourth-order valence-electron chi connectivity index (χ4n) is 2.06. The zero-order chi connectivity index (χ0) is 12.2. The molecule has 16 heavy (non-hydrogen) atoms. The molecule has 1 fully saturated rings. The minimum absolute atomic E-state index is 0.119. The molecule has 0 aliphatic carbocycles. The number of hydrogen-bond acceptors (Lipinski definition) is 3. The van der Waals surface area contributed by atoms with Gasteiger partial charge in [0.15, 0.2) is 0 Å². The fourth-order valence-corrected chi connectivity index (χ4v) is 2.06. The Labute approximate surface area is 98.8 Å². The van der Waals surface area contributed by atoms with Gasteiger partial charge in [-0.3, -0.25) is 9.69 Å². The second-order valence-corrected chi connectivity index (χ2v) is 5.69. The molecule has 0 aromatic heterocycles. The highest BCUT2D eigenvalue weighted by Gasteiger charge is 2.21. The number of carbonyl (C=O) groups excluding carboxylic acids is 1. The van der Waals surface area contributed by atoms with Gasteiger partial charge in [0.1, 0.15) is 0 Å². The van der Waals surface area contributed by atoms with E-state index in [1.165, 1.54) is 0 Å². The molecule has 0 bridgehead atoms. The first-order valence-electron chi connectivity index (χ1n) is 6.10. The lowest BCUT2D eigenvalue weighted by Crippen LogP contribution is -2.49. The van der Waals surface area contributed by atoms with Crippen molar-refractivity contribution in [1.82, 2.24) is 15.5 Å². The molecule has 2 N–H and O–H groups in total. The van der Waals surface area contributed by atoms with Gasteiger partial charge in [-0.15, -0.1) is 0 Å². The van der Waals surface area contributed by atoms with Crippen molar-refractivity contribution >= 4 is 5.91 Å². The van der Waals surface area contributed by atoms with Crippen molar-refractivity contribution in [1.29, 1.82) is 0 Å². The lowest BCUT2D eigenvalue weighted by Gasteiger charge is -2.32. The van der Waals surface area contributed by atoms with E-state index < -0.39 is 0 Å². The normalized spacial score (nSPS) is 18.8. The highest BCUT2D eigenvalue weighted by atomic mass is 16.2. The summed E-state index contributed by atoms with van der Waals surface area (Å²) in [6.45, 7) is 8.66. The van der Waals surface area contributed by atoms with Crippen molar-refractivity contribution in [2.75, 3.05) is 26.7 Å². The van der Waals surface area contributed by atoms with E-state index in [4.69, 9.17) is 0 Å². The van der Waals surface area contributed by atoms with E-state index in [1.54, 1.807) is 0 Å². The molecule has 0 radical (unpaired) electrons. The average molecular weight is 227 g/mol. The topological polar surface area (TPSA) is 44.4 Å². The van der Waals surface area contributed by atoms with Crippen LogP contribution < -0.4 is 10.6 Å². The third-order valence-electron chi connectivity index (χ3n) is 2.84. The van der Waals surface area contributed by atoms with Crippen molar-refractivity contribution in [3.05, 3.63) is 0 Å². The molecule has 1 heterocycles. The molecule has 94 valence electrons. The van der Waals surface area contributed by atoms with E-state index in [2.05, 4.69) is 15.5 Å². The molecule has 0 spiro atoms. The van der Waals surface area contributed by atoms with Crippen molar-refractivity contribution in [3.63, 3.8) is 0 Å². The standard InChI is InChI=1S/C12H25N3O/c1-12(2,3)14-11(16)9-15(4)10-5-7-13-8-6-10/h10,13H,5-9H2,1-4H3,(H,14,16). The lowest BCUT2D eigenvalue weighted by atomic mass is 10.1. The molecule has 1 rings (SSSR count). The third kappa shape index (κ3) is 4.94. The summed E-state index contributed by atoms with van der Waals surface area (Å²) in [5.41, 5.74) is -0.133. The minimum Gasteiger partial charge on any atom is -0.350 e. The second-order valence-electron chi connectivity index (χ2n) is 5.69. The quantitative estimate of drug-likeness (QED) is 0.741. The Hall–Kier alpha value is -0.610. The van der Waals surface area contributed by atoms with E-state index in [1.807, 2.05) is 27.8 Å². The monoisotopic (exact) mass is 227 g/mol. The van der Waals surface area contributed by atoms with Crippen LogP contribution in [0.5, 0.6) is 0 Å². The molecular weight excluding hydrogens is 202 g/mol. The molecule has 0 saturated carbocycles. The second kappa shape index (κ2) is 5.64. The van der Waals surface area contributed by atoms with Gasteiger partial charge >= 0.3 is 0 Å². The van der Waals surface area contributed by atoms with Crippen molar-refractivity contribution in [2.24, 2.45) is 0 Å². The van der Waals surface area contributed by atoms with Crippen LogP contribution in [-0.4, -0.2) is 49.1 Å². The molecule has 4 nitrogen and oxygen atoms in total. The van der Waals surface area contributed by atoms with E-state index >= 15 is 0 Å². The van der Waals surface area contributed by atoms with Gasteiger partial charge in [-0.05, 0) is 53.8 Å². The molecular formula is C12H25N3O. The maximum Gasteiger partial charge on any atom is 0.234 e. The van der Waals surface area contributed by atoms with Crippen LogP contribution in [0.15, 0.2) is 0 Å². The van der Waals surface area contributed by atoms with Crippen molar-refractivity contribution in [3.8, 4) is 0 Å². The number of likely N-dealkylation sites (N-methyl/N-ethyl adjacent to an activating group) is 1. The highest BCUT2D eigenvalue weighted by molar-refractivity contribution is 5.78. The maximum atomic E-state index is 11.7. The van der Waals surface area contributed by atoms with E-state index in [0.29, 0.717) is 12.6 Å². The largest absolute Gasteiger partial charge is 0.350 e. The van der Waals surface area contributed by atoms with Gasteiger partial charge in [-0.2, -0.15) is 0 Å². The molecule has 1 saturated heterocycles. The summed E-state index contributed by atoms with van der Waals surface area (Å²) in [5, 5.41) is 6.33. The van der Waals surface area contributed by atoms with Crippen molar-refractivity contribution in [2.45, 2.75) is 45.2 Å². The smallest absolute Gasteiger partial charge is 0.234 e. The number of hydrogen-bond donors (Lipinski definition) is 2. The lowest BCUT2D eigenvalue weighted by molar-refractivity contribution is -0.123. The van der Waals surface area contributed by atoms with Gasteiger partial charge in [-0.25, -0.2) is 0 Å². The summed E-state index contributed by atoms with van der Waals surface area (Å²) in [6, 6.07) is 0.548. The zero-order valence-electron chi connectivity index (χ0n) is 11.0. The van der Waals surface area contributed by atoms with E-state index in [9.17, 15) is 4.79 Å². The SMILES string of the molecule is CN(CC(=O)NC(C)(C)C)C1CCNCC1. The molecule has 0 aromatic rings. The molecule has 0 aromatic carbocycles. The summed E-state index contributed by atoms with van der Waals surface area (Å²) in [6.07, 6.45) is 2.28. The van der Waals surface area contributed by atoms with Crippen LogP contribution in [0.3, 0.4) is 0 Å². The summed E-state index contributed by atoms with van der Waals surface area (Å²) >= 11 is 0. The average Bonchev–Trinajstić information content (AvgIpc) is 2.16. The van der Waals surface area contributed by atoms with Crippen LogP contribution in [0.4, 0.5) is 0 Å². The molecule has 0 atom stereocenters. The van der Waals surface area contributed by atoms with Gasteiger partial charge in [-0.1, -0.05) is 0 Å². The highest BCUT2D eigenvalue weighted by Crippen LogP contribution is 2.09. The first kappa shape index (κ1) is 13.5. The van der Waals surface area contributed by atoms with Crippen LogP contribution in [0.2, 0.25) is 0 Å². The number of nitrogens with one attached hydrogen (secondary N) is 2. The predicted octanol–water partition coefficient (Wildman–Crippen LogP) is 0.585. The van der Waals surface area contributed by atoms with Gasteiger partial charge in [0, 0.05) is 11.6 Å². The Bertz CT molecular complexity index is 229. The summed E-state index contributed by atoms with van der Waals surface area (Å²) in [5.74, 6) is 0.119. The molecule has 4 heteroatoms. The van der Waals surface area contributed by atoms with E-state index in [0.717, 1.165) is 25.9 Å². The summed E-state index contributed by atoms with van der Waals surface area (Å²) < 4.78 is 0. The summed E-state index contributed by atoms with van der Waals surface area (Å²) in [7, 11) is 2.04. The Morgan fingerprint density at radius 1 is 1.38 bits per heavy atom. The van der Waals surface area contributed by atoms with E-state index in [-0.39, 0.29) is 11.4 Å². The predicted molar refractivity (Wildman–Crippen MR) is 66.4 cm³/mol. The first-order valence-corrected chi connectivity index (χ1v) is 6.10. The van der Waals surface area contributed by atoms with Crippen LogP contribution in [0, 0.1) is 0 Å². The zero-order valence-corrected chi connectivity index (χ0v) is 11.0. The molecule has 0 unspecified atom stereocenters. The maximum absolute atomic E-state index is 11.7. The van der Waals surface area contributed by atoms with Gasteiger partial charge < -0.3 is 10.6 Å². The fraction of sp³-hybridized carbons (Fsp3) is 0.917. The third-order valence-corrected chi connectivity index (χ3v) is 2.84. The first-order chi connectivity index (χ1) is 7.38. The van der Waals surface area contributed by atoms with Gasteiger partial charge in [0.2, 0.25) is 5.91 Å². The van der Waals surface area contributed by atoms with Gasteiger partial charge in [0.25, 0.3) is 0 Å². The number of amides is 1. The van der Waals surface area contributed by atoms with Crippen LogP contribution >= 0.6 is 0 Å². The van der Waals surface area contributed by atoms with Crippen LogP contribution in [-0.2, 0) is 4.79 Å². The number of piperidine rings is 1.